The van der Waals surface area contributed by atoms with Crippen LogP contribution in [0.1, 0.15) is 267 Å². The van der Waals surface area contributed by atoms with Crippen molar-refractivity contribution < 1.29 is 61.8 Å². The number of hydrogen-bond donors (Lipinski definition) is 8. The van der Waals surface area contributed by atoms with Gasteiger partial charge in [0.1, 0.15) is 29.5 Å². The summed E-state index contributed by atoms with van der Waals surface area (Å²) < 4.78 is 43.7. The van der Waals surface area contributed by atoms with Gasteiger partial charge in [-0.05, 0) is 172 Å². The number of Topliss-reactive ketones (excluding diaryl/α,β-unsaturated/α-hetero) is 2. The van der Waals surface area contributed by atoms with E-state index in [0.717, 1.165) is 165 Å². The quantitative estimate of drug-likeness (QED) is 0.0100. The highest BCUT2D eigenvalue weighted by Crippen LogP contribution is 2.38. The van der Waals surface area contributed by atoms with Crippen LogP contribution in [0.2, 0.25) is 0 Å². The summed E-state index contributed by atoms with van der Waals surface area (Å²) in [4.78, 5) is 113. The lowest BCUT2D eigenvalue weighted by Gasteiger charge is -2.35. The van der Waals surface area contributed by atoms with E-state index < -0.39 is 76.0 Å². The first-order valence-corrected chi connectivity index (χ1v) is 44.3. The molecule has 4 heterocycles. The molecule has 115 heavy (non-hydrogen) atoms. The molecule has 26 heteroatoms. The van der Waals surface area contributed by atoms with Crippen LogP contribution in [0.15, 0.2) is 89.9 Å². The van der Waals surface area contributed by atoms with Crippen LogP contribution < -0.4 is 32.5 Å². The predicted octanol–water partition coefficient (Wildman–Crippen LogP) is 18.0. The van der Waals surface area contributed by atoms with E-state index in [-0.39, 0.29) is 104 Å². The summed E-state index contributed by atoms with van der Waals surface area (Å²) in [5.41, 5.74) is 15.7. The van der Waals surface area contributed by atoms with E-state index in [0.29, 0.717) is 22.8 Å². The number of anilines is 2. The Morgan fingerprint density at radius 2 is 0.983 bits per heavy atom. The second-order valence-electron chi connectivity index (χ2n) is 33.3. The van der Waals surface area contributed by atoms with Gasteiger partial charge in [0.2, 0.25) is 23.6 Å². The number of carbonyl (C=O) groups excluding carboxylic acids is 7. The van der Waals surface area contributed by atoms with Crippen molar-refractivity contribution in [3.8, 4) is 20.9 Å². The van der Waals surface area contributed by atoms with E-state index >= 15 is 0 Å². The summed E-state index contributed by atoms with van der Waals surface area (Å²) >= 11 is 5.11. The van der Waals surface area contributed by atoms with Gasteiger partial charge in [-0.15, -0.1) is 22.7 Å². The van der Waals surface area contributed by atoms with Gasteiger partial charge in [0.25, 0.3) is 5.91 Å². The third-order valence-electron chi connectivity index (χ3n) is 21.8. The number of likely N-dealkylation sites (tertiary alicyclic amines) is 2. The number of aryl methyl sites for hydroxylation is 2. The Balaban J connectivity index is 0.000000350. The van der Waals surface area contributed by atoms with Crippen molar-refractivity contribution in [2.75, 3.05) is 44.6 Å². The molecule has 6 aromatic rings. The molecule has 2 aliphatic rings. The molecule has 9 N–H and O–H groups in total. The minimum absolute atomic E-state index is 0.0500. The molecular formula is C89H126F3IN10O10S2. The van der Waals surface area contributed by atoms with Gasteiger partial charge in [-0.1, -0.05) is 180 Å². The molecule has 20 nitrogen and oxygen atoms in total. The highest BCUT2D eigenvalue weighted by atomic mass is 127. The van der Waals surface area contributed by atoms with Crippen molar-refractivity contribution in [3.63, 3.8) is 0 Å². The molecule has 0 radical (unpaired) electrons. The molecule has 0 saturated carbocycles. The molecule has 2 fully saturated rings. The molecule has 0 unspecified atom stereocenters. The van der Waals surface area contributed by atoms with Gasteiger partial charge in [-0.2, -0.15) is 0 Å². The Labute approximate surface area is 701 Å². The number of rotatable bonds is 46. The van der Waals surface area contributed by atoms with Crippen molar-refractivity contribution in [1.29, 1.82) is 0 Å². The molecule has 8 atom stereocenters. The summed E-state index contributed by atoms with van der Waals surface area (Å²) in [6.45, 7) is 22.4. The lowest BCUT2D eigenvalue weighted by Crippen LogP contribution is -2.50. The normalized spacial score (nSPS) is 16.7. The predicted molar refractivity (Wildman–Crippen MR) is 461 cm³/mol. The van der Waals surface area contributed by atoms with Gasteiger partial charge in [0, 0.05) is 67.0 Å². The van der Waals surface area contributed by atoms with Crippen molar-refractivity contribution in [2.24, 2.45) is 28.4 Å². The van der Waals surface area contributed by atoms with Gasteiger partial charge in [-0.3, -0.25) is 38.4 Å². The minimum atomic E-state index is -1.30. The average Bonchev–Trinajstić information content (AvgIpc) is 1.60. The van der Waals surface area contributed by atoms with Crippen molar-refractivity contribution in [2.45, 2.75) is 273 Å². The first-order valence-electron chi connectivity index (χ1n) is 41.5. The number of unbranched alkanes of at least 4 members (excludes halogenated alkanes) is 17. The average molecular weight is 1740 g/mol. The molecule has 8 rings (SSSR count). The van der Waals surface area contributed by atoms with Gasteiger partial charge in [0.05, 0.1) is 80.0 Å². The minimum Gasteiger partial charge on any atom is -0.391 e. The number of amides is 5. The number of nitrogens with two attached hydrogens (primary N) is 1. The highest BCUT2D eigenvalue weighted by molar-refractivity contribution is 14.1. The van der Waals surface area contributed by atoms with Crippen LogP contribution in [-0.4, -0.2) is 135 Å². The lowest BCUT2D eigenvalue weighted by atomic mass is 9.76. The number of carbonyl (C=O) groups is 7. The van der Waals surface area contributed by atoms with E-state index in [4.69, 9.17) is 10.6 Å². The van der Waals surface area contributed by atoms with Crippen molar-refractivity contribution in [3.05, 3.63) is 139 Å². The Morgan fingerprint density at radius 1 is 0.565 bits per heavy atom. The van der Waals surface area contributed by atoms with E-state index in [2.05, 4.69) is 36.7 Å². The van der Waals surface area contributed by atoms with E-state index in [1.54, 1.807) is 28.7 Å². The Morgan fingerprint density at radius 3 is 1.39 bits per heavy atom. The fourth-order valence-corrected chi connectivity index (χ4v) is 16.9. The number of hydroxylamine groups is 1. The second-order valence-corrected chi connectivity index (χ2v) is 36.2. The molecule has 5 amide bonds. The number of thiazole rings is 2. The maximum Gasteiger partial charge on any atom is 0.277 e. The summed E-state index contributed by atoms with van der Waals surface area (Å²) in [7, 11) is 0. The maximum atomic E-state index is 14.7. The molecule has 0 spiro atoms. The number of aliphatic hydroxyl groups excluding tert-OH is 2. The van der Waals surface area contributed by atoms with Crippen molar-refractivity contribution >= 4 is 97.7 Å². The molecule has 0 aliphatic carbocycles. The number of halogens is 4. The number of aliphatic hydroxyl groups is 2. The van der Waals surface area contributed by atoms with Crippen LogP contribution in [0, 0.1) is 57.5 Å². The zero-order valence-electron chi connectivity index (χ0n) is 69.3. The standard InChI is InChI=1S/C53H70F3IN6O6S.C36H56N4O4S/c1-34(36-18-20-37(21-19-36)49-35(2)59-33-70-49)60-51(67)46-31-40(65)32-63(46)52(68)42(53(3,4)5)30-39(64)17-13-11-9-7-6-8-10-12-14-26-58-27-15-16-28-69-62-50(66)41-23-24-43(54)47(56)48(41)61-45-25-22-38(57)29-44(45)55;1-25(27-16-18-28(19-17-27)33-26(2)38-24-45-33)39-34(43)32-22-30(42)23-40(32)35(44)31(36(3,4)5)21-29(41)15-13-11-9-7-6-8-10-12-14-20-37/h18-25,29,33-34,40,42,46,58,61,65H,6-17,26-28,30-32H2,1-5H3,(H,60,67)(H,62,66);16-19,24-25,30-32,42H,6-15,20-23,37H2,1-5H3,(H,39,43)/t34-,40-,42+,46+;25-,30-,31+,32+/m00/s1. The zero-order chi connectivity index (χ0) is 83.8. The fourth-order valence-electron chi connectivity index (χ4n) is 14.8. The zero-order valence-corrected chi connectivity index (χ0v) is 73.1. The van der Waals surface area contributed by atoms with Crippen molar-refractivity contribution in [1.82, 2.24) is 41.2 Å². The summed E-state index contributed by atoms with van der Waals surface area (Å²) in [6.07, 6.45) is 21.2. The third-order valence-corrected chi connectivity index (χ3v) is 24.5. The molecule has 632 valence electrons. The van der Waals surface area contributed by atoms with E-state index in [9.17, 15) is 56.9 Å². The topological polar surface area (TPSA) is 288 Å². The smallest absolute Gasteiger partial charge is 0.277 e. The van der Waals surface area contributed by atoms with Crippen LogP contribution in [0.3, 0.4) is 0 Å². The number of benzene rings is 4. The molecule has 2 aromatic heterocycles. The lowest BCUT2D eigenvalue weighted by molar-refractivity contribution is -0.146. The van der Waals surface area contributed by atoms with Gasteiger partial charge < -0.3 is 47.0 Å². The first-order chi connectivity index (χ1) is 54.9. The number of aromatic nitrogens is 2. The summed E-state index contributed by atoms with van der Waals surface area (Å²) in [5, 5.41) is 33.2. The second kappa shape index (κ2) is 48.1. The Bertz CT molecular complexity index is 4060. The fraction of sp³-hybridized carbons (Fsp3) is 0.584. The largest absolute Gasteiger partial charge is 0.391 e. The monoisotopic (exact) mass is 1740 g/mol. The van der Waals surface area contributed by atoms with Gasteiger partial charge in [-0.25, -0.2) is 28.6 Å². The van der Waals surface area contributed by atoms with Crippen LogP contribution in [0.25, 0.3) is 20.9 Å². The van der Waals surface area contributed by atoms with Gasteiger partial charge in [0.15, 0.2) is 11.6 Å². The highest BCUT2D eigenvalue weighted by Gasteiger charge is 2.46. The van der Waals surface area contributed by atoms with Crippen LogP contribution in [0.4, 0.5) is 24.5 Å². The summed E-state index contributed by atoms with van der Waals surface area (Å²) in [6, 6.07) is 20.0. The Hall–Kier alpha value is -7.05. The van der Waals surface area contributed by atoms with Crippen LogP contribution >= 0.6 is 45.3 Å². The molecule has 2 aliphatic heterocycles. The number of hydrogen-bond acceptors (Lipinski definition) is 17. The maximum absolute atomic E-state index is 14.7. The van der Waals surface area contributed by atoms with E-state index in [1.165, 1.54) is 54.0 Å². The Kier molecular flexibility index (Phi) is 39.8. The first kappa shape index (κ1) is 95.1. The number of nitrogens with one attached hydrogen (secondary N) is 5. The number of ketones is 2. The SMILES string of the molecule is Cc1ncsc1-c1ccc([C@H](C)NC(=O)[C@H]2C[C@H](O)CN2C(=O)[C@@H](CC(=O)CCCCCCCCCCCN)C(C)(C)C)cc1.Cc1ncsc1-c1ccc([C@H](C)NC(=O)[C@H]2C[C@H](O)CN2C(=O)[C@@H](CC(=O)CCCCCCCCCCCNCCCCONC(=O)c2ccc(F)c(F)c2Nc2ccc(I)cc2F)C(C)(C)C)cc1. The molecule has 0 bridgehead atoms. The number of nitrogens with zero attached hydrogens (tertiary/aromatic N) is 4. The molecular weight excluding hydrogens is 1620 g/mol. The molecule has 4 aromatic carbocycles. The third kappa shape index (κ3) is 30.7. The van der Waals surface area contributed by atoms with Gasteiger partial charge >= 0.3 is 0 Å². The summed E-state index contributed by atoms with van der Waals surface area (Å²) in [5.74, 6) is -6.05. The van der Waals surface area contributed by atoms with Crippen LogP contribution in [-0.2, 0) is 33.6 Å². The molecule has 2 saturated heterocycles. The number of β-amino-alcohol motifs (C(OH)–C–C–N with tert-alkyl or cyclic N) is 2. The van der Waals surface area contributed by atoms with Crippen LogP contribution in [0.5, 0.6) is 0 Å². The van der Waals surface area contributed by atoms with E-state index in [1.807, 2.05) is 151 Å².